The average molecular weight is 393 g/mol. The van der Waals surface area contributed by atoms with Crippen molar-refractivity contribution in [3.63, 3.8) is 0 Å². The second-order valence-electron chi connectivity index (χ2n) is 8.29. The second-order valence-corrected chi connectivity index (χ2v) is 8.29. The fourth-order valence-electron chi connectivity index (χ4n) is 3.63. The van der Waals surface area contributed by atoms with Crippen LogP contribution in [0.5, 0.6) is 0 Å². The van der Waals surface area contributed by atoms with Gasteiger partial charge in [0.25, 0.3) is 0 Å². The lowest BCUT2D eigenvalue weighted by Crippen LogP contribution is -1.86. The molecule has 0 radical (unpaired) electrons. The lowest BCUT2D eigenvalue weighted by Gasteiger charge is -2.03. The second kappa shape index (κ2) is 21.1. The summed E-state index contributed by atoms with van der Waals surface area (Å²) in [7, 11) is 0. The maximum Gasteiger partial charge on any atom is 0.00989 e. The van der Waals surface area contributed by atoms with Crippen molar-refractivity contribution < 1.29 is 0 Å². The lowest BCUT2D eigenvalue weighted by atomic mass is 10.0. The largest absolute Gasteiger partial charge is 0.0891 e. The van der Waals surface area contributed by atoms with E-state index in [1.807, 2.05) is 0 Å². The van der Waals surface area contributed by atoms with Crippen LogP contribution in [0.1, 0.15) is 122 Å². The topological polar surface area (TPSA) is 0 Å². The normalized spacial score (nSPS) is 10.1. The van der Waals surface area contributed by atoms with Gasteiger partial charge in [0.15, 0.2) is 0 Å². The first-order valence-electron chi connectivity index (χ1n) is 12.4. The highest BCUT2D eigenvalue weighted by Gasteiger charge is 1.94. The van der Waals surface area contributed by atoms with Crippen molar-refractivity contribution in [1.82, 2.24) is 0 Å². The SMILES string of the molecule is CCCCCCCC#CC#CCCCCCCCCCCCCc1ccccc1. The number of hydrogen-bond acceptors (Lipinski definition) is 0. The summed E-state index contributed by atoms with van der Waals surface area (Å²) in [6.07, 6.45) is 23.6. The van der Waals surface area contributed by atoms with E-state index in [2.05, 4.69) is 60.9 Å². The van der Waals surface area contributed by atoms with Gasteiger partial charge < -0.3 is 0 Å². The van der Waals surface area contributed by atoms with Gasteiger partial charge in [0.05, 0.1) is 0 Å². The van der Waals surface area contributed by atoms with Crippen LogP contribution in [0.4, 0.5) is 0 Å². The van der Waals surface area contributed by atoms with E-state index in [0.717, 1.165) is 12.8 Å². The highest BCUT2D eigenvalue weighted by Crippen LogP contribution is 2.12. The highest BCUT2D eigenvalue weighted by molar-refractivity contribution is 5.25. The molecule has 0 heterocycles. The van der Waals surface area contributed by atoms with Gasteiger partial charge >= 0.3 is 0 Å². The number of aryl methyl sites for hydroxylation is 1. The first-order valence-corrected chi connectivity index (χ1v) is 12.4. The molecule has 0 fully saturated rings. The van der Waals surface area contributed by atoms with Crippen LogP contribution in [0.15, 0.2) is 30.3 Å². The predicted octanol–water partition coefficient (Wildman–Crippen LogP) is 8.89. The van der Waals surface area contributed by atoms with Crippen LogP contribution < -0.4 is 0 Å². The Morgan fingerprint density at radius 3 is 1.48 bits per heavy atom. The van der Waals surface area contributed by atoms with E-state index < -0.39 is 0 Å². The van der Waals surface area contributed by atoms with E-state index >= 15 is 0 Å². The first-order chi connectivity index (χ1) is 14.4. The van der Waals surface area contributed by atoms with Crippen molar-refractivity contribution in [2.75, 3.05) is 0 Å². The zero-order valence-electron chi connectivity index (χ0n) is 19.1. The third-order valence-corrected chi connectivity index (χ3v) is 5.50. The minimum Gasteiger partial charge on any atom is -0.0891 e. The Labute approximate surface area is 182 Å². The molecule has 0 unspecified atom stereocenters. The van der Waals surface area contributed by atoms with E-state index in [4.69, 9.17) is 0 Å². The molecule has 0 bridgehead atoms. The maximum absolute atomic E-state index is 3.22. The van der Waals surface area contributed by atoms with Gasteiger partial charge in [0, 0.05) is 12.8 Å². The lowest BCUT2D eigenvalue weighted by molar-refractivity contribution is 0.553. The van der Waals surface area contributed by atoms with Gasteiger partial charge in [0.1, 0.15) is 0 Å². The molecule has 0 aromatic heterocycles. The molecule has 0 aliphatic heterocycles. The minimum absolute atomic E-state index is 1.02. The zero-order chi connectivity index (χ0) is 20.7. The maximum atomic E-state index is 3.22. The Kier molecular flexibility index (Phi) is 18.4. The summed E-state index contributed by atoms with van der Waals surface area (Å²) in [5, 5.41) is 0. The standard InChI is InChI=1S/C29H44/c1-2-3-4-5-6-7-8-9-10-11-12-13-14-15-16-17-18-19-20-21-23-26-29-27-24-22-25-28-29/h22,24-25,27-28H,2-7,12-21,23,26H2,1H3. The molecule has 0 nitrogen and oxygen atoms in total. The van der Waals surface area contributed by atoms with Crippen LogP contribution in [0.3, 0.4) is 0 Å². The monoisotopic (exact) mass is 392 g/mol. The molecular formula is C29H44. The number of unbranched alkanes of at least 4 members (excludes halogenated alkanes) is 15. The van der Waals surface area contributed by atoms with Gasteiger partial charge in [-0.15, -0.1) is 0 Å². The molecule has 0 N–H and O–H groups in total. The van der Waals surface area contributed by atoms with Gasteiger partial charge in [-0.1, -0.05) is 126 Å². The van der Waals surface area contributed by atoms with E-state index in [-0.39, 0.29) is 0 Å². The van der Waals surface area contributed by atoms with Crippen LogP contribution in [0.2, 0.25) is 0 Å². The molecule has 160 valence electrons. The molecule has 0 amide bonds. The third-order valence-electron chi connectivity index (χ3n) is 5.50. The summed E-state index contributed by atoms with van der Waals surface area (Å²) in [6.45, 7) is 2.26. The summed E-state index contributed by atoms with van der Waals surface area (Å²) in [6, 6.07) is 10.9. The van der Waals surface area contributed by atoms with Gasteiger partial charge in [-0.05, 0) is 43.1 Å². The van der Waals surface area contributed by atoms with E-state index in [1.165, 1.54) is 108 Å². The van der Waals surface area contributed by atoms with E-state index in [1.54, 1.807) is 0 Å². The molecule has 0 saturated heterocycles. The quantitative estimate of drug-likeness (QED) is 0.183. The molecule has 0 heteroatoms. The van der Waals surface area contributed by atoms with Gasteiger partial charge in [0.2, 0.25) is 0 Å². The molecule has 0 aliphatic rings. The fraction of sp³-hybridized carbons (Fsp3) is 0.655. The highest BCUT2D eigenvalue weighted by atomic mass is 14.0. The number of rotatable bonds is 17. The Morgan fingerprint density at radius 1 is 0.517 bits per heavy atom. The van der Waals surface area contributed by atoms with Crippen LogP contribution in [-0.2, 0) is 6.42 Å². The molecule has 1 rings (SSSR count). The van der Waals surface area contributed by atoms with Crippen LogP contribution >= 0.6 is 0 Å². The van der Waals surface area contributed by atoms with Crippen LogP contribution in [-0.4, -0.2) is 0 Å². The van der Waals surface area contributed by atoms with E-state index in [9.17, 15) is 0 Å². The number of hydrogen-bond donors (Lipinski definition) is 0. The smallest absolute Gasteiger partial charge is 0.00989 e. The Hall–Kier alpha value is -1.66. The van der Waals surface area contributed by atoms with Crippen molar-refractivity contribution in [2.24, 2.45) is 0 Å². The molecule has 0 saturated carbocycles. The van der Waals surface area contributed by atoms with Crippen molar-refractivity contribution in [3.8, 4) is 23.7 Å². The summed E-state index contributed by atoms with van der Waals surface area (Å²) in [5.41, 5.74) is 1.49. The molecule has 29 heavy (non-hydrogen) atoms. The minimum atomic E-state index is 1.02. The molecule has 0 atom stereocenters. The Balaban J connectivity index is 1.77. The molecular weight excluding hydrogens is 348 g/mol. The third kappa shape index (κ3) is 18.1. The summed E-state index contributed by atoms with van der Waals surface area (Å²) < 4.78 is 0. The van der Waals surface area contributed by atoms with Crippen molar-refractivity contribution in [1.29, 1.82) is 0 Å². The van der Waals surface area contributed by atoms with Gasteiger partial charge in [-0.2, -0.15) is 0 Å². The first kappa shape index (κ1) is 25.4. The molecule has 0 spiro atoms. The summed E-state index contributed by atoms with van der Waals surface area (Å²) in [4.78, 5) is 0. The predicted molar refractivity (Wildman–Crippen MR) is 130 cm³/mol. The van der Waals surface area contributed by atoms with E-state index in [0.29, 0.717) is 0 Å². The number of benzene rings is 1. The van der Waals surface area contributed by atoms with Crippen molar-refractivity contribution >= 4 is 0 Å². The van der Waals surface area contributed by atoms with Gasteiger partial charge in [-0.25, -0.2) is 0 Å². The van der Waals surface area contributed by atoms with Crippen LogP contribution in [0, 0.1) is 23.7 Å². The molecule has 1 aromatic rings. The summed E-state index contributed by atoms with van der Waals surface area (Å²) in [5.74, 6) is 12.4. The zero-order valence-corrected chi connectivity index (χ0v) is 19.1. The van der Waals surface area contributed by atoms with Gasteiger partial charge in [-0.3, -0.25) is 0 Å². The average Bonchev–Trinajstić information content (AvgIpc) is 2.75. The van der Waals surface area contributed by atoms with Crippen molar-refractivity contribution in [3.05, 3.63) is 35.9 Å². The Bertz CT molecular complexity index is 575. The molecule has 1 aromatic carbocycles. The molecule has 0 aliphatic carbocycles. The summed E-state index contributed by atoms with van der Waals surface area (Å²) >= 11 is 0. The van der Waals surface area contributed by atoms with Crippen molar-refractivity contribution in [2.45, 2.75) is 122 Å². The Morgan fingerprint density at radius 2 is 0.966 bits per heavy atom. The van der Waals surface area contributed by atoms with Crippen LogP contribution in [0.25, 0.3) is 0 Å². The fourth-order valence-corrected chi connectivity index (χ4v) is 3.63.